The third kappa shape index (κ3) is 6.21. The summed E-state index contributed by atoms with van der Waals surface area (Å²) < 4.78 is 24.0. The molecule has 0 fully saturated rings. The minimum Gasteiger partial charge on any atom is -0.481 e. The number of nitrogens with zero attached hydrogens (tertiary/aromatic N) is 3. The molecule has 3 rings (SSSR count). The Balaban J connectivity index is 1.89. The number of amides is 1. The highest BCUT2D eigenvalue weighted by atomic mass is 32.2. The summed E-state index contributed by atoms with van der Waals surface area (Å²) in [5, 5.41) is 15.8. The van der Waals surface area contributed by atoms with Crippen LogP contribution in [0.3, 0.4) is 0 Å². The van der Waals surface area contributed by atoms with E-state index in [1.165, 1.54) is 24.5 Å². The lowest BCUT2D eigenvalue weighted by atomic mass is 10.1. The second-order valence-corrected chi connectivity index (χ2v) is 9.18. The molecule has 8 nitrogen and oxygen atoms in total. The number of aromatic nitrogens is 2. The minimum atomic E-state index is -0.672. The number of rotatable bonds is 8. The molecule has 1 heterocycles. The molecule has 1 amide bonds. The Kier molecular flexibility index (Phi) is 7.70. The van der Waals surface area contributed by atoms with Crippen LogP contribution in [-0.2, 0) is 15.5 Å². The fraction of sp³-hybridized carbons (Fsp3) is 0.318. The highest BCUT2D eigenvalue weighted by Crippen LogP contribution is 2.33. The van der Waals surface area contributed by atoms with E-state index in [0.29, 0.717) is 11.5 Å². The van der Waals surface area contributed by atoms with Crippen LogP contribution >= 0.6 is 0 Å². The van der Waals surface area contributed by atoms with Crippen molar-refractivity contribution in [1.29, 1.82) is 0 Å². The maximum Gasteiger partial charge on any atom is 0.258 e. The Labute approximate surface area is 188 Å². The largest absolute Gasteiger partial charge is 0.481 e. The fourth-order valence-electron chi connectivity index (χ4n) is 3.03. The number of halogens is 1. The third-order valence-electron chi connectivity index (χ3n) is 4.36. The SMILES string of the molecule is Cc1cc(N=S(C)C)cc2ncnc(Nc3ccc(F)cc3OCC(=O)NCC(C)O)c12. The second-order valence-electron chi connectivity index (χ2n) is 7.45. The van der Waals surface area contributed by atoms with E-state index in [4.69, 9.17) is 4.74 Å². The van der Waals surface area contributed by atoms with Crippen molar-refractivity contribution in [3.8, 4) is 5.75 Å². The fourth-order valence-corrected chi connectivity index (χ4v) is 3.56. The second kappa shape index (κ2) is 10.5. The van der Waals surface area contributed by atoms with Crippen molar-refractivity contribution in [2.45, 2.75) is 20.0 Å². The highest BCUT2D eigenvalue weighted by molar-refractivity contribution is 7.85. The summed E-state index contributed by atoms with van der Waals surface area (Å²) in [6.45, 7) is 3.29. The van der Waals surface area contributed by atoms with Crippen LogP contribution in [0.25, 0.3) is 10.9 Å². The summed E-state index contributed by atoms with van der Waals surface area (Å²) >= 11 is 0. The van der Waals surface area contributed by atoms with Crippen molar-refractivity contribution in [3.05, 3.63) is 48.0 Å². The van der Waals surface area contributed by atoms with Gasteiger partial charge in [0.2, 0.25) is 0 Å². The maximum atomic E-state index is 13.9. The number of carbonyl (C=O) groups excluding carboxylic acids is 1. The van der Waals surface area contributed by atoms with Gasteiger partial charge in [0.1, 0.15) is 23.7 Å². The van der Waals surface area contributed by atoms with E-state index in [1.54, 1.807) is 6.92 Å². The number of anilines is 2. The smallest absolute Gasteiger partial charge is 0.258 e. The van der Waals surface area contributed by atoms with Crippen LogP contribution in [0.2, 0.25) is 0 Å². The lowest BCUT2D eigenvalue weighted by Gasteiger charge is -2.15. The Morgan fingerprint density at radius 1 is 1.28 bits per heavy atom. The Hall–Kier alpha value is -3.11. The van der Waals surface area contributed by atoms with Crippen LogP contribution in [0.1, 0.15) is 12.5 Å². The van der Waals surface area contributed by atoms with Gasteiger partial charge in [-0.1, -0.05) is 0 Å². The summed E-state index contributed by atoms with van der Waals surface area (Å²) in [5.41, 5.74) is 2.97. The van der Waals surface area contributed by atoms with Gasteiger partial charge in [0.05, 0.1) is 23.0 Å². The molecule has 3 N–H and O–H groups in total. The number of hydrogen-bond donors (Lipinski definition) is 3. The molecule has 0 saturated heterocycles. The zero-order valence-corrected chi connectivity index (χ0v) is 19.2. The van der Waals surface area contributed by atoms with Gasteiger partial charge in [-0.05, 0) is 56.2 Å². The molecule has 0 aliphatic heterocycles. The number of hydrogen-bond acceptors (Lipinski definition) is 7. The Morgan fingerprint density at radius 3 is 2.78 bits per heavy atom. The number of aryl methyl sites for hydroxylation is 1. The number of aliphatic hydroxyl groups excluding tert-OH is 1. The Morgan fingerprint density at radius 2 is 2.06 bits per heavy atom. The van der Waals surface area contributed by atoms with Gasteiger partial charge in [-0.15, -0.1) is 10.7 Å². The Bertz CT molecular complexity index is 1170. The lowest BCUT2D eigenvalue weighted by Crippen LogP contribution is -2.34. The first-order valence-electron chi connectivity index (χ1n) is 9.92. The van der Waals surface area contributed by atoms with Crippen molar-refractivity contribution < 1.29 is 19.0 Å². The molecular formula is C22H26FN5O3S. The molecular weight excluding hydrogens is 433 g/mol. The van der Waals surface area contributed by atoms with E-state index >= 15 is 0 Å². The third-order valence-corrected chi connectivity index (χ3v) is 4.93. The van der Waals surface area contributed by atoms with Crippen molar-refractivity contribution >= 4 is 44.7 Å². The molecule has 0 aliphatic rings. The molecule has 0 saturated carbocycles. The van der Waals surface area contributed by atoms with Gasteiger partial charge >= 0.3 is 0 Å². The number of benzene rings is 2. The predicted molar refractivity (Wildman–Crippen MR) is 125 cm³/mol. The summed E-state index contributed by atoms with van der Waals surface area (Å²) in [5.74, 6) is -0.235. The summed E-state index contributed by atoms with van der Waals surface area (Å²) in [6.07, 6.45) is 4.84. The van der Waals surface area contributed by atoms with Crippen molar-refractivity contribution in [2.75, 3.05) is 31.0 Å². The van der Waals surface area contributed by atoms with Crippen LogP contribution in [0, 0.1) is 12.7 Å². The molecule has 0 radical (unpaired) electrons. The molecule has 2 aromatic carbocycles. The molecule has 0 aliphatic carbocycles. The average molecular weight is 460 g/mol. The van der Waals surface area contributed by atoms with E-state index in [-0.39, 0.29) is 29.6 Å². The molecule has 1 aromatic heterocycles. The van der Waals surface area contributed by atoms with Gasteiger partial charge in [0, 0.05) is 18.0 Å². The van der Waals surface area contributed by atoms with Crippen LogP contribution < -0.4 is 15.4 Å². The van der Waals surface area contributed by atoms with E-state index in [9.17, 15) is 14.3 Å². The highest BCUT2D eigenvalue weighted by Gasteiger charge is 2.13. The summed E-state index contributed by atoms with van der Waals surface area (Å²) in [6, 6.07) is 7.88. The zero-order valence-electron chi connectivity index (χ0n) is 18.3. The number of carbonyl (C=O) groups is 1. The van der Waals surface area contributed by atoms with Gasteiger partial charge in [0.25, 0.3) is 5.91 Å². The van der Waals surface area contributed by atoms with Gasteiger partial charge in [-0.25, -0.2) is 18.7 Å². The topological polar surface area (TPSA) is 109 Å². The summed E-state index contributed by atoms with van der Waals surface area (Å²) in [7, 11) is -0.103. The normalized spacial score (nSPS) is 12.0. The first-order valence-corrected chi connectivity index (χ1v) is 11.9. The number of aliphatic hydroxyl groups is 1. The maximum absolute atomic E-state index is 13.9. The van der Waals surface area contributed by atoms with Crippen molar-refractivity contribution in [3.63, 3.8) is 0 Å². The molecule has 1 unspecified atom stereocenters. The van der Waals surface area contributed by atoms with Crippen LogP contribution in [0.5, 0.6) is 5.75 Å². The van der Waals surface area contributed by atoms with E-state index in [0.717, 1.165) is 22.2 Å². The number of nitrogens with one attached hydrogen (secondary N) is 2. The monoisotopic (exact) mass is 459 g/mol. The summed E-state index contributed by atoms with van der Waals surface area (Å²) in [4.78, 5) is 20.6. The molecule has 32 heavy (non-hydrogen) atoms. The standard InChI is InChI=1S/C22H26FN5O3S/c1-13-7-16(28-32(3)4)9-18-21(13)22(26-12-25-18)27-17-6-5-15(23)8-19(17)31-11-20(30)24-10-14(2)29/h5-9,12,14,29H,10-11H2,1-4H3,(H,24,30)(H,25,26,27). The average Bonchev–Trinajstić information content (AvgIpc) is 2.71. The lowest BCUT2D eigenvalue weighted by molar-refractivity contribution is -0.123. The number of ether oxygens (including phenoxy) is 1. The van der Waals surface area contributed by atoms with Crippen LogP contribution in [0.4, 0.5) is 21.6 Å². The van der Waals surface area contributed by atoms with Gasteiger partial charge in [-0.3, -0.25) is 4.79 Å². The zero-order chi connectivity index (χ0) is 23.3. The van der Waals surface area contributed by atoms with E-state index < -0.39 is 17.8 Å². The van der Waals surface area contributed by atoms with Crippen molar-refractivity contribution in [2.24, 2.45) is 4.36 Å². The first kappa shape index (κ1) is 23.6. The molecule has 170 valence electrons. The van der Waals surface area contributed by atoms with Gasteiger partial charge in [0.15, 0.2) is 6.61 Å². The van der Waals surface area contributed by atoms with E-state index in [2.05, 4.69) is 25.0 Å². The molecule has 1 atom stereocenters. The van der Waals surface area contributed by atoms with E-state index in [1.807, 2.05) is 31.6 Å². The van der Waals surface area contributed by atoms with Crippen LogP contribution in [0.15, 0.2) is 41.0 Å². The molecule has 0 bridgehead atoms. The molecule has 3 aromatic rings. The predicted octanol–water partition coefficient (Wildman–Crippen LogP) is 3.39. The van der Waals surface area contributed by atoms with Crippen molar-refractivity contribution in [1.82, 2.24) is 15.3 Å². The molecule has 10 heteroatoms. The van der Waals surface area contributed by atoms with Gasteiger partial charge in [-0.2, -0.15) is 0 Å². The number of fused-ring (bicyclic) bond motifs is 1. The first-order chi connectivity index (χ1) is 15.2. The van der Waals surface area contributed by atoms with Gasteiger partial charge < -0.3 is 20.5 Å². The van der Waals surface area contributed by atoms with Crippen LogP contribution in [-0.4, -0.2) is 52.7 Å². The minimum absolute atomic E-state index is 0.103. The molecule has 0 spiro atoms. The quantitative estimate of drug-likeness (QED) is 0.477.